The first-order valence-electron chi connectivity index (χ1n) is 10.5. The zero-order chi connectivity index (χ0) is 24.6. The number of aliphatic hydroxyl groups excluding tert-OH is 1. The number of carboxylic acids is 2. The van der Waals surface area contributed by atoms with Gasteiger partial charge in [-0.05, 0) is 57.4 Å². The number of aliphatic carboxylic acids is 2. The summed E-state index contributed by atoms with van der Waals surface area (Å²) >= 11 is 0. The van der Waals surface area contributed by atoms with Crippen LogP contribution in [-0.2, 0) is 39.7 Å². The second-order valence-corrected chi connectivity index (χ2v) is 6.90. The van der Waals surface area contributed by atoms with E-state index in [0.717, 1.165) is 45.1 Å². The van der Waals surface area contributed by atoms with E-state index in [2.05, 4.69) is 55.5 Å². The molecule has 2 aromatic carbocycles. The normalized spacial score (nSPS) is 9.41. The summed E-state index contributed by atoms with van der Waals surface area (Å²) < 4.78 is 4.50. The maximum Gasteiger partial charge on any atom is 2.00 e. The van der Waals surface area contributed by atoms with Crippen molar-refractivity contribution in [2.45, 2.75) is 46.2 Å². The minimum atomic E-state index is -1.08. The molecular formula is C24H30CuN4O5. The van der Waals surface area contributed by atoms with Crippen LogP contribution in [0.25, 0.3) is 22.1 Å². The van der Waals surface area contributed by atoms with Crippen LogP contribution in [0.3, 0.4) is 0 Å². The number of imidazole rings is 2. The molecule has 0 unspecified atom stereocenters. The van der Waals surface area contributed by atoms with Crippen molar-refractivity contribution in [2.24, 2.45) is 0 Å². The number of carboxylic acid groups (broad SMARTS) is 2. The number of carbonyl (C=O) groups excluding carboxylic acids is 2. The summed E-state index contributed by atoms with van der Waals surface area (Å²) in [5.41, 5.74) is 4.62. The Balaban J connectivity index is 0.000000856. The number of para-hydroxylation sites is 4. The molecule has 2 aromatic heterocycles. The first-order chi connectivity index (χ1) is 15.9. The third-order valence-electron chi connectivity index (χ3n) is 4.35. The van der Waals surface area contributed by atoms with E-state index >= 15 is 0 Å². The molecule has 0 saturated carbocycles. The van der Waals surface area contributed by atoms with Crippen molar-refractivity contribution in [3.8, 4) is 0 Å². The molecule has 1 N–H and O–H groups in total. The van der Waals surface area contributed by atoms with Crippen molar-refractivity contribution in [3.05, 3.63) is 61.2 Å². The zero-order valence-corrected chi connectivity index (χ0v) is 20.4. The van der Waals surface area contributed by atoms with Crippen molar-refractivity contribution in [1.29, 1.82) is 0 Å². The van der Waals surface area contributed by atoms with Crippen LogP contribution in [0.1, 0.15) is 33.1 Å². The van der Waals surface area contributed by atoms with Crippen molar-refractivity contribution in [2.75, 3.05) is 7.11 Å². The largest absolute Gasteiger partial charge is 2.00 e. The van der Waals surface area contributed by atoms with Crippen LogP contribution in [0.15, 0.2) is 61.2 Å². The molecule has 187 valence electrons. The number of rotatable bonds is 6. The number of aryl methyl sites for hydroxylation is 2. The van der Waals surface area contributed by atoms with Crippen LogP contribution in [-0.4, -0.2) is 43.3 Å². The molecule has 0 aliphatic carbocycles. The summed E-state index contributed by atoms with van der Waals surface area (Å²) in [7, 11) is 1.00. The fourth-order valence-electron chi connectivity index (χ4n) is 3.12. The van der Waals surface area contributed by atoms with Crippen LogP contribution < -0.4 is 10.2 Å². The number of unbranched alkanes of at least 4 members (excludes halogenated alkanes) is 2. The molecule has 0 atom stereocenters. The summed E-state index contributed by atoms with van der Waals surface area (Å²) in [5.74, 6) is -2.17. The number of hydrogen-bond acceptors (Lipinski definition) is 7. The summed E-state index contributed by atoms with van der Waals surface area (Å²) in [5, 5.41) is 24.8. The quantitative estimate of drug-likeness (QED) is 0.301. The molecule has 0 amide bonds. The molecule has 0 aliphatic heterocycles. The predicted octanol–water partition coefficient (Wildman–Crippen LogP) is 1.37. The van der Waals surface area contributed by atoms with Gasteiger partial charge < -0.3 is 34.0 Å². The number of carbonyl (C=O) groups is 2. The van der Waals surface area contributed by atoms with Gasteiger partial charge in [0.1, 0.15) is 0 Å². The summed E-state index contributed by atoms with van der Waals surface area (Å²) in [6, 6.07) is 16.6. The maximum atomic E-state index is 8.89. The van der Waals surface area contributed by atoms with Crippen LogP contribution >= 0.6 is 0 Å². The van der Waals surface area contributed by atoms with Gasteiger partial charge in [-0.25, -0.2) is 9.97 Å². The number of nitrogens with zero attached hydrogens (tertiary/aromatic N) is 4. The average molecular weight is 518 g/mol. The molecule has 2 heterocycles. The third-order valence-corrected chi connectivity index (χ3v) is 4.35. The Labute approximate surface area is 209 Å². The molecule has 34 heavy (non-hydrogen) atoms. The van der Waals surface area contributed by atoms with Crippen LogP contribution in [0.5, 0.6) is 0 Å². The van der Waals surface area contributed by atoms with Crippen LogP contribution in [0.4, 0.5) is 0 Å². The van der Waals surface area contributed by atoms with Gasteiger partial charge in [0.2, 0.25) is 0 Å². The first kappa shape index (κ1) is 30.8. The number of hydrogen-bond donors (Lipinski definition) is 1. The van der Waals surface area contributed by atoms with E-state index in [1.54, 1.807) is 0 Å². The first-order valence-corrected chi connectivity index (χ1v) is 10.5. The van der Waals surface area contributed by atoms with Gasteiger partial charge in [0.05, 0.1) is 34.7 Å². The second kappa shape index (κ2) is 17.3. The monoisotopic (exact) mass is 517 g/mol. The molecule has 0 aliphatic rings. The van der Waals surface area contributed by atoms with E-state index in [0.29, 0.717) is 0 Å². The van der Waals surface area contributed by atoms with Gasteiger partial charge in [0.25, 0.3) is 0 Å². The second-order valence-electron chi connectivity index (χ2n) is 6.90. The van der Waals surface area contributed by atoms with Crippen LogP contribution in [0, 0.1) is 0 Å². The van der Waals surface area contributed by atoms with Crippen molar-refractivity contribution >= 4 is 34.0 Å². The van der Waals surface area contributed by atoms with E-state index in [4.69, 9.17) is 24.9 Å². The number of benzene rings is 2. The van der Waals surface area contributed by atoms with E-state index in [-0.39, 0.29) is 17.1 Å². The van der Waals surface area contributed by atoms with E-state index < -0.39 is 11.9 Å². The van der Waals surface area contributed by atoms with Gasteiger partial charge in [0, 0.05) is 32.1 Å². The number of fused-ring (bicyclic) bond motifs is 2. The predicted molar refractivity (Wildman–Crippen MR) is 123 cm³/mol. The zero-order valence-electron chi connectivity index (χ0n) is 19.5. The number of aliphatic hydroxyl groups is 1. The van der Waals surface area contributed by atoms with E-state index in [1.165, 1.54) is 30.3 Å². The molecule has 4 aromatic rings. The fourth-order valence-corrected chi connectivity index (χ4v) is 3.12. The molecule has 0 bridgehead atoms. The Bertz CT molecular complexity index is 1030. The van der Waals surface area contributed by atoms with Gasteiger partial charge in [-0.2, -0.15) is 0 Å². The molecular weight excluding hydrogens is 488 g/mol. The summed E-state index contributed by atoms with van der Waals surface area (Å²) in [6.45, 7) is 4.01. The average Bonchev–Trinajstić information content (AvgIpc) is 3.39. The Morgan fingerprint density at radius 2 is 1.06 bits per heavy atom. The molecule has 9 nitrogen and oxygen atoms in total. The summed E-state index contributed by atoms with van der Waals surface area (Å²) in [4.78, 5) is 26.7. The molecule has 10 heteroatoms. The van der Waals surface area contributed by atoms with E-state index in [1.807, 2.05) is 24.8 Å². The third kappa shape index (κ3) is 11.1. The van der Waals surface area contributed by atoms with Gasteiger partial charge in [-0.15, -0.1) is 0 Å². The molecule has 1 radical (unpaired) electrons. The Kier molecular flexibility index (Phi) is 15.7. The Morgan fingerprint density at radius 3 is 1.41 bits per heavy atom. The minimum Gasteiger partial charge on any atom is -0.550 e. The van der Waals surface area contributed by atoms with Gasteiger partial charge in [-0.3, -0.25) is 0 Å². The topological polar surface area (TPSA) is 136 Å². The molecule has 0 fully saturated rings. The van der Waals surface area contributed by atoms with Crippen molar-refractivity contribution in [1.82, 2.24) is 19.1 Å². The molecule has 0 spiro atoms. The fraction of sp³-hybridized carbons (Fsp3) is 0.333. The maximum absolute atomic E-state index is 8.89. The Morgan fingerprint density at radius 1 is 0.735 bits per heavy atom. The Hall–Kier alpha value is -3.20. The van der Waals surface area contributed by atoms with Crippen molar-refractivity contribution < 1.29 is 42.0 Å². The minimum absolute atomic E-state index is 0. The number of aromatic nitrogens is 4. The molecule has 0 saturated heterocycles. The SMILES string of the molecule is CC(=O)[O-].CC(=O)[O-].CO.[Cu+2].c1ccc2c(c1)ncn2CCCCCn1cnc2ccccc21. The van der Waals surface area contributed by atoms with E-state index in [9.17, 15) is 0 Å². The summed E-state index contributed by atoms with van der Waals surface area (Å²) in [6.07, 6.45) is 7.46. The standard InChI is InChI=1S/C19H20N4.2C2H4O2.CH4O.Cu/c1(6-12-22-14-20-16-8-2-4-10-18(16)22)7-13-23-15-21-17-9-3-5-11-19(17)23;2*1-2(3)4;1-2;/h2-5,8-11,14-15H,1,6-7,12-13H2;2*1H3,(H,3,4);2H,1H3;/q;;;;+2/p-2. The van der Waals surface area contributed by atoms with Gasteiger partial charge in [-0.1, -0.05) is 24.3 Å². The smallest absolute Gasteiger partial charge is 0.550 e. The van der Waals surface area contributed by atoms with Gasteiger partial charge >= 0.3 is 17.1 Å². The van der Waals surface area contributed by atoms with Crippen molar-refractivity contribution in [3.63, 3.8) is 0 Å². The molecule has 4 rings (SSSR count). The van der Waals surface area contributed by atoms with Crippen LogP contribution in [0.2, 0.25) is 0 Å². The van der Waals surface area contributed by atoms with Gasteiger partial charge in [0.15, 0.2) is 0 Å².